The maximum absolute atomic E-state index is 12.4. The van der Waals surface area contributed by atoms with Gasteiger partial charge < -0.3 is 9.64 Å². The van der Waals surface area contributed by atoms with Crippen molar-refractivity contribution in [3.05, 3.63) is 29.8 Å². The average molecular weight is 310 g/mol. The fourth-order valence-corrected chi connectivity index (χ4v) is 1.84. The Morgan fingerprint density at radius 1 is 1.30 bits per heavy atom. The van der Waals surface area contributed by atoms with Crippen LogP contribution in [-0.4, -0.2) is 43.1 Å². The quantitative estimate of drug-likeness (QED) is 0.756. The van der Waals surface area contributed by atoms with Gasteiger partial charge in [0.1, 0.15) is 12.3 Å². The van der Waals surface area contributed by atoms with Gasteiger partial charge in [-0.15, -0.1) is 11.6 Å². The van der Waals surface area contributed by atoms with E-state index in [1.54, 1.807) is 24.3 Å². The highest BCUT2D eigenvalue weighted by Gasteiger charge is 2.32. The summed E-state index contributed by atoms with van der Waals surface area (Å²) in [6, 6.07) is 6.59. The topological polar surface area (TPSA) is 29.5 Å². The molecule has 3 nitrogen and oxygen atoms in total. The lowest BCUT2D eigenvalue weighted by Gasteiger charge is -2.23. The van der Waals surface area contributed by atoms with Gasteiger partial charge in [0.25, 0.3) is 0 Å². The first-order chi connectivity index (χ1) is 9.35. The lowest BCUT2D eigenvalue weighted by atomic mass is 10.1. The lowest BCUT2D eigenvalue weighted by Crippen LogP contribution is -2.40. The second-order valence-electron chi connectivity index (χ2n) is 4.14. The third-order valence-corrected chi connectivity index (χ3v) is 2.76. The van der Waals surface area contributed by atoms with Crippen molar-refractivity contribution in [2.24, 2.45) is 0 Å². The minimum atomic E-state index is -4.43. The van der Waals surface area contributed by atoms with Crippen LogP contribution in [0.15, 0.2) is 24.3 Å². The monoisotopic (exact) mass is 309 g/mol. The van der Waals surface area contributed by atoms with Gasteiger partial charge in [0.05, 0.1) is 13.5 Å². The molecule has 0 heterocycles. The zero-order valence-electron chi connectivity index (χ0n) is 10.9. The van der Waals surface area contributed by atoms with Crippen molar-refractivity contribution in [3.8, 4) is 5.75 Å². The molecule has 0 aliphatic carbocycles. The third-order valence-electron chi connectivity index (χ3n) is 2.59. The van der Waals surface area contributed by atoms with E-state index in [1.165, 1.54) is 7.11 Å². The molecule has 0 N–H and O–H groups in total. The zero-order chi connectivity index (χ0) is 15.2. The van der Waals surface area contributed by atoms with Crippen LogP contribution in [0.2, 0.25) is 0 Å². The molecule has 0 unspecified atom stereocenters. The number of ether oxygens (including phenoxy) is 1. The first-order valence-corrected chi connectivity index (χ1v) is 6.42. The summed E-state index contributed by atoms with van der Waals surface area (Å²) in [5, 5.41) is 0. The molecule has 0 saturated carbocycles. The van der Waals surface area contributed by atoms with Crippen LogP contribution in [0.1, 0.15) is 5.56 Å². The Bertz CT molecular complexity index is 434. The molecule has 1 rings (SSSR count). The zero-order valence-corrected chi connectivity index (χ0v) is 11.7. The van der Waals surface area contributed by atoms with Crippen molar-refractivity contribution in [2.75, 3.05) is 26.1 Å². The highest BCUT2D eigenvalue weighted by molar-refractivity contribution is 6.18. The standard InChI is InChI=1S/C13H15ClF3NO2/c1-20-11-4-2-10(3-5-11)8-12(19)18(7-6-14)9-13(15,16)17/h2-5H,6-9H2,1H3. The summed E-state index contributed by atoms with van der Waals surface area (Å²) in [6.07, 6.45) is -4.53. The Hall–Kier alpha value is -1.43. The fraction of sp³-hybridized carbons (Fsp3) is 0.462. The predicted molar refractivity (Wildman–Crippen MR) is 70.1 cm³/mol. The van der Waals surface area contributed by atoms with E-state index in [0.717, 1.165) is 4.90 Å². The number of amides is 1. The molecule has 0 aliphatic heterocycles. The van der Waals surface area contributed by atoms with Gasteiger partial charge in [-0.05, 0) is 17.7 Å². The number of nitrogens with zero attached hydrogens (tertiary/aromatic N) is 1. The van der Waals surface area contributed by atoms with Gasteiger partial charge in [0.15, 0.2) is 0 Å². The van der Waals surface area contributed by atoms with Gasteiger partial charge in [-0.2, -0.15) is 13.2 Å². The molecule has 1 amide bonds. The van der Waals surface area contributed by atoms with Crippen molar-refractivity contribution in [2.45, 2.75) is 12.6 Å². The van der Waals surface area contributed by atoms with E-state index >= 15 is 0 Å². The van der Waals surface area contributed by atoms with Crippen LogP contribution in [-0.2, 0) is 11.2 Å². The Morgan fingerprint density at radius 3 is 2.35 bits per heavy atom. The van der Waals surface area contributed by atoms with Crippen LogP contribution < -0.4 is 4.74 Å². The number of methoxy groups -OCH3 is 1. The smallest absolute Gasteiger partial charge is 0.406 e. The number of halogens is 4. The van der Waals surface area contributed by atoms with Crippen LogP contribution in [0.25, 0.3) is 0 Å². The molecule has 0 atom stereocenters. The molecule has 112 valence electrons. The molecule has 0 saturated heterocycles. The van der Waals surface area contributed by atoms with Crippen LogP contribution in [0.5, 0.6) is 5.75 Å². The molecule has 20 heavy (non-hydrogen) atoms. The third kappa shape index (κ3) is 5.69. The van der Waals surface area contributed by atoms with Crippen molar-refractivity contribution in [1.82, 2.24) is 4.90 Å². The molecule has 1 aromatic carbocycles. The van der Waals surface area contributed by atoms with E-state index in [-0.39, 0.29) is 18.8 Å². The SMILES string of the molecule is COc1ccc(CC(=O)N(CCCl)CC(F)(F)F)cc1. The minimum Gasteiger partial charge on any atom is -0.497 e. The molecular formula is C13H15ClF3NO2. The van der Waals surface area contributed by atoms with E-state index in [9.17, 15) is 18.0 Å². The van der Waals surface area contributed by atoms with Crippen molar-refractivity contribution >= 4 is 17.5 Å². The second-order valence-corrected chi connectivity index (χ2v) is 4.52. The van der Waals surface area contributed by atoms with Crippen LogP contribution >= 0.6 is 11.6 Å². The lowest BCUT2D eigenvalue weighted by molar-refractivity contribution is -0.160. The highest BCUT2D eigenvalue weighted by Crippen LogP contribution is 2.18. The molecule has 7 heteroatoms. The van der Waals surface area contributed by atoms with Gasteiger partial charge in [-0.3, -0.25) is 4.79 Å². The summed E-state index contributed by atoms with van der Waals surface area (Å²) in [5.41, 5.74) is 0.623. The van der Waals surface area contributed by atoms with E-state index in [0.29, 0.717) is 11.3 Å². The van der Waals surface area contributed by atoms with E-state index < -0.39 is 18.6 Å². The molecule has 0 fully saturated rings. The minimum absolute atomic E-state index is 0.0373. The van der Waals surface area contributed by atoms with Crippen LogP contribution in [0.4, 0.5) is 13.2 Å². The molecule has 0 radical (unpaired) electrons. The normalized spacial score (nSPS) is 11.2. The first-order valence-electron chi connectivity index (χ1n) is 5.89. The Kier molecular flexibility index (Phi) is 6.13. The van der Waals surface area contributed by atoms with Crippen molar-refractivity contribution in [1.29, 1.82) is 0 Å². The van der Waals surface area contributed by atoms with Crippen LogP contribution in [0.3, 0.4) is 0 Å². The predicted octanol–water partition coefficient (Wildman–Crippen LogP) is 2.87. The average Bonchev–Trinajstić information content (AvgIpc) is 2.37. The van der Waals surface area contributed by atoms with Gasteiger partial charge in [-0.1, -0.05) is 12.1 Å². The maximum atomic E-state index is 12.4. The fourth-order valence-electron chi connectivity index (χ4n) is 1.64. The molecular weight excluding hydrogens is 295 g/mol. The molecule has 0 aliphatic rings. The Labute approximate surface area is 120 Å². The molecule has 1 aromatic rings. The summed E-state index contributed by atoms with van der Waals surface area (Å²) in [6.45, 7) is -1.41. The molecule has 0 spiro atoms. The van der Waals surface area contributed by atoms with Crippen LogP contribution in [0, 0.1) is 0 Å². The van der Waals surface area contributed by atoms with E-state index in [2.05, 4.69) is 0 Å². The molecule has 0 aromatic heterocycles. The van der Waals surface area contributed by atoms with Crippen molar-refractivity contribution in [3.63, 3.8) is 0 Å². The Balaban J connectivity index is 2.69. The van der Waals surface area contributed by atoms with Gasteiger partial charge in [-0.25, -0.2) is 0 Å². The number of benzene rings is 1. The second kappa shape index (κ2) is 7.38. The summed E-state index contributed by atoms with van der Waals surface area (Å²) < 4.78 is 42.1. The maximum Gasteiger partial charge on any atom is 0.406 e. The summed E-state index contributed by atoms with van der Waals surface area (Å²) in [4.78, 5) is 12.6. The Morgan fingerprint density at radius 2 is 1.90 bits per heavy atom. The van der Waals surface area contributed by atoms with Gasteiger partial charge in [0.2, 0.25) is 5.91 Å². The summed E-state index contributed by atoms with van der Waals surface area (Å²) in [7, 11) is 1.51. The summed E-state index contributed by atoms with van der Waals surface area (Å²) >= 11 is 5.43. The van der Waals surface area contributed by atoms with E-state index in [4.69, 9.17) is 16.3 Å². The van der Waals surface area contributed by atoms with Crippen molar-refractivity contribution < 1.29 is 22.7 Å². The number of carbonyl (C=O) groups is 1. The number of rotatable bonds is 6. The number of hydrogen-bond donors (Lipinski definition) is 0. The highest BCUT2D eigenvalue weighted by atomic mass is 35.5. The summed E-state index contributed by atoms with van der Waals surface area (Å²) in [5.74, 6) is -0.0213. The number of hydrogen-bond acceptors (Lipinski definition) is 2. The number of alkyl halides is 4. The van der Waals surface area contributed by atoms with Gasteiger partial charge >= 0.3 is 6.18 Å². The first kappa shape index (κ1) is 16.6. The van der Waals surface area contributed by atoms with E-state index in [1.807, 2.05) is 0 Å². The molecule has 0 bridgehead atoms. The number of carbonyl (C=O) groups excluding carboxylic acids is 1. The largest absolute Gasteiger partial charge is 0.497 e. The van der Waals surface area contributed by atoms with Gasteiger partial charge in [0, 0.05) is 12.4 Å².